The van der Waals surface area contributed by atoms with E-state index >= 15 is 0 Å². The molecule has 1 atom stereocenters. The minimum atomic E-state index is -0.522. The average Bonchev–Trinajstić information content (AvgIpc) is 3.06. The van der Waals surface area contributed by atoms with Crippen molar-refractivity contribution >= 4 is 18.3 Å². The van der Waals surface area contributed by atoms with Crippen molar-refractivity contribution in [1.29, 1.82) is 0 Å². The number of hydrogen-bond acceptors (Lipinski definition) is 5. The van der Waals surface area contributed by atoms with Crippen molar-refractivity contribution in [3.05, 3.63) is 41.5 Å². The van der Waals surface area contributed by atoms with Crippen molar-refractivity contribution < 1.29 is 9.18 Å². The summed E-state index contributed by atoms with van der Waals surface area (Å²) in [4.78, 5) is 15.0. The summed E-state index contributed by atoms with van der Waals surface area (Å²) in [6.45, 7) is 3.20. The molecule has 9 heteroatoms. The molecule has 1 aromatic heterocycles. The number of benzene rings is 1. The second-order valence-electron chi connectivity index (χ2n) is 6.41. The van der Waals surface area contributed by atoms with E-state index in [-0.39, 0.29) is 24.1 Å². The standard InChI is InChI=1S/C17H23FN6O.ClH/c1-12-20-21-22-24(12)16(11-13-3-5-14(18)6-4-13)17(25)23-9-7-15(19-2)8-10-23;/h3-6,15-16,19H,7-11H2,1-2H3;1H. The lowest BCUT2D eigenvalue weighted by Crippen LogP contribution is -2.47. The highest BCUT2D eigenvalue weighted by Gasteiger charge is 2.31. The van der Waals surface area contributed by atoms with E-state index in [0.717, 1.165) is 18.4 Å². The van der Waals surface area contributed by atoms with Gasteiger partial charge in [-0.25, -0.2) is 9.07 Å². The Morgan fingerprint density at radius 3 is 2.50 bits per heavy atom. The van der Waals surface area contributed by atoms with Crippen LogP contribution < -0.4 is 5.32 Å². The maximum Gasteiger partial charge on any atom is 0.247 e. The molecule has 1 aliphatic heterocycles. The van der Waals surface area contributed by atoms with Gasteiger partial charge in [-0.2, -0.15) is 0 Å². The van der Waals surface area contributed by atoms with Gasteiger partial charge >= 0.3 is 0 Å². The topological polar surface area (TPSA) is 75.9 Å². The lowest BCUT2D eigenvalue weighted by molar-refractivity contribution is -0.136. The summed E-state index contributed by atoms with van der Waals surface area (Å²) in [7, 11) is 1.95. The molecule has 1 aromatic carbocycles. The molecular formula is C17H24ClFN6O. The van der Waals surface area contributed by atoms with Crippen LogP contribution in [0.5, 0.6) is 0 Å². The van der Waals surface area contributed by atoms with E-state index in [1.807, 2.05) is 11.9 Å². The van der Waals surface area contributed by atoms with E-state index in [9.17, 15) is 9.18 Å². The van der Waals surface area contributed by atoms with E-state index < -0.39 is 6.04 Å². The van der Waals surface area contributed by atoms with Crippen LogP contribution in [-0.2, 0) is 11.2 Å². The van der Waals surface area contributed by atoms with Crippen LogP contribution in [0.1, 0.15) is 30.3 Å². The number of piperidine rings is 1. The van der Waals surface area contributed by atoms with E-state index in [0.29, 0.717) is 31.4 Å². The van der Waals surface area contributed by atoms with E-state index in [1.54, 1.807) is 23.7 Å². The first-order valence-corrected chi connectivity index (χ1v) is 8.53. The van der Waals surface area contributed by atoms with Crippen molar-refractivity contribution in [1.82, 2.24) is 30.4 Å². The number of halogens is 2. The predicted molar refractivity (Wildman–Crippen MR) is 97.6 cm³/mol. The van der Waals surface area contributed by atoms with Gasteiger partial charge in [0.05, 0.1) is 0 Å². The second kappa shape index (κ2) is 9.05. The van der Waals surface area contributed by atoms with Gasteiger partial charge in [-0.15, -0.1) is 17.5 Å². The lowest BCUT2D eigenvalue weighted by atomic mass is 10.0. The summed E-state index contributed by atoms with van der Waals surface area (Å²) in [6.07, 6.45) is 2.29. The van der Waals surface area contributed by atoms with Crippen LogP contribution >= 0.6 is 12.4 Å². The monoisotopic (exact) mass is 382 g/mol. The quantitative estimate of drug-likeness (QED) is 0.848. The predicted octanol–water partition coefficient (Wildman–Crippen LogP) is 1.54. The van der Waals surface area contributed by atoms with Crippen molar-refractivity contribution in [2.24, 2.45) is 0 Å². The molecule has 1 amide bonds. The highest BCUT2D eigenvalue weighted by atomic mass is 35.5. The van der Waals surface area contributed by atoms with Crippen LogP contribution in [0.2, 0.25) is 0 Å². The Balaban J connectivity index is 0.00000243. The maximum absolute atomic E-state index is 13.2. The largest absolute Gasteiger partial charge is 0.341 e. The number of rotatable bonds is 5. The van der Waals surface area contributed by atoms with E-state index in [2.05, 4.69) is 20.8 Å². The number of likely N-dealkylation sites (tertiary alicyclic amines) is 1. The number of carbonyl (C=O) groups is 1. The number of nitrogens with one attached hydrogen (secondary N) is 1. The summed E-state index contributed by atoms with van der Waals surface area (Å²) in [5, 5.41) is 14.8. The van der Waals surface area contributed by atoms with Gasteiger partial charge in [-0.1, -0.05) is 12.1 Å². The van der Waals surface area contributed by atoms with Crippen molar-refractivity contribution in [2.75, 3.05) is 20.1 Å². The summed E-state index contributed by atoms with van der Waals surface area (Å²) < 4.78 is 14.7. The van der Waals surface area contributed by atoms with Gasteiger partial charge < -0.3 is 10.2 Å². The SMILES string of the molecule is CNC1CCN(C(=O)C(Cc2ccc(F)cc2)n2nnnc2C)CC1.Cl. The van der Waals surface area contributed by atoms with Gasteiger partial charge in [0, 0.05) is 25.6 Å². The molecule has 142 valence electrons. The van der Waals surface area contributed by atoms with Crippen LogP contribution in [0.25, 0.3) is 0 Å². The van der Waals surface area contributed by atoms with E-state index in [1.165, 1.54) is 12.1 Å². The zero-order valence-corrected chi connectivity index (χ0v) is 15.7. The molecule has 0 spiro atoms. The average molecular weight is 383 g/mol. The summed E-state index contributed by atoms with van der Waals surface area (Å²) in [5.41, 5.74) is 0.875. The Hall–Kier alpha value is -2.06. The number of amides is 1. The maximum atomic E-state index is 13.2. The van der Waals surface area contributed by atoms with Gasteiger partial charge in [-0.05, 0) is 54.9 Å². The van der Waals surface area contributed by atoms with Gasteiger partial charge in [0.2, 0.25) is 5.91 Å². The van der Waals surface area contributed by atoms with Gasteiger partial charge in [0.15, 0.2) is 0 Å². The van der Waals surface area contributed by atoms with Crippen molar-refractivity contribution in [3.8, 4) is 0 Å². The Morgan fingerprint density at radius 2 is 1.96 bits per heavy atom. The fraction of sp³-hybridized carbons (Fsp3) is 0.529. The minimum Gasteiger partial charge on any atom is -0.341 e. The van der Waals surface area contributed by atoms with Crippen molar-refractivity contribution in [3.63, 3.8) is 0 Å². The molecule has 0 bridgehead atoms. The summed E-state index contributed by atoms with van der Waals surface area (Å²) in [5.74, 6) is 0.305. The highest BCUT2D eigenvalue weighted by molar-refractivity contribution is 5.85. The fourth-order valence-electron chi connectivity index (χ4n) is 3.25. The summed E-state index contributed by atoms with van der Waals surface area (Å²) in [6, 6.07) is 6.13. The zero-order chi connectivity index (χ0) is 17.8. The van der Waals surface area contributed by atoms with Crippen LogP contribution in [-0.4, -0.2) is 57.2 Å². The van der Waals surface area contributed by atoms with Gasteiger partial charge in [0.25, 0.3) is 0 Å². The number of tetrazole rings is 1. The van der Waals surface area contributed by atoms with Crippen LogP contribution in [0.15, 0.2) is 24.3 Å². The molecular weight excluding hydrogens is 359 g/mol. The van der Waals surface area contributed by atoms with Crippen LogP contribution in [0, 0.1) is 12.7 Å². The fourth-order valence-corrected chi connectivity index (χ4v) is 3.25. The molecule has 0 saturated carbocycles. The number of aryl methyl sites for hydroxylation is 1. The molecule has 2 heterocycles. The first-order valence-electron chi connectivity index (χ1n) is 8.53. The molecule has 0 aliphatic carbocycles. The smallest absolute Gasteiger partial charge is 0.247 e. The molecule has 0 radical (unpaired) electrons. The Morgan fingerprint density at radius 1 is 1.31 bits per heavy atom. The van der Waals surface area contributed by atoms with Crippen LogP contribution in [0.3, 0.4) is 0 Å². The first kappa shape index (κ1) is 20.3. The summed E-state index contributed by atoms with van der Waals surface area (Å²) >= 11 is 0. The molecule has 1 N–H and O–H groups in total. The Bertz CT molecular complexity index is 714. The molecule has 1 saturated heterocycles. The molecule has 7 nitrogen and oxygen atoms in total. The molecule has 1 fully saturated rings. The Labute approximate surface area is 158 Å². The third kappa shape index (κ3) is 4.56. The number of carbonyl (C=O) groups excluding carboxylic acids is 1. The normalized spacial score (nSPS) is 16.2. The third-order valence-corrected chi connectivity index (χ3v) is 4.79. The molecule has 26 heavy (non-hydrogen) atoms. The molecule has 1 unspecified atom stereocenters. The Kier molecular flexibility index (Phi) is 7.05. The number of nitrogens with zero attached hydrogens (tertiary/aromatic N) is 5. The van der Waals surface area contributed by atoms with E-state index in [4.69, 9.17) is 0 Å². The number of hydrogen-bond donors (Lipinski definition) is 1. The second-order valence-corrected chi connectivity index (χ2v) is 6.41. The van der Waals surface area contributed by atoms with Gasteiger partial charge in [0.1, 0.15) is 17.7 Å². The third-order valence-electron chi connectivity index (χ3n) is 4.79. The lowest BCUT2D eigenvalue weighted by Gasteiger charge is -2.34. The first-order chi connectivity index (χ1) is 12.1. The van der Waals surface area contributed by atoms with Crippen molar-refractivity contribution in [2.45, 2.75) is 38.3 Å². The van der Waals surface area contributed by atoms with Crippen LogP contribution in [0.4, 0.5) is 4.39 Å². The number of aromatic nitrogens is 4. The highest BCUT2D eigenvalue weighted by Crippen LogP contribution is 2.21. The molecule has 2 aromatic rings. The zero-order valence-electron chi connectivity index (χ0n) is 14.9. The molecule has 1 aliphatic rings. The van der Waals surface area contributed by atoms with Gasteiger partial charge in [-0.3, -0.25) is 4.79 Å². The minimum absolute atomic E-state index is 0. The molecule has 3 rings (SSSR count).